The largest absolute Gasteiger partial charge is 0.351 e. The Labute approximate surface area is 142 Å². The van der Waals surface area contributed by atoms with E-state index in [-0.39, 0.29) is 0 Å². The molecule has 1 unspecified atom stereocenters. The van der Waals surface area contributed by atoms with Crippen molar-refractivity contribution in [3.05, 3.63) is 29.3 Å². The van der Waals surface area contributed by atoms with Gasteiger partial charge in [-0.3, -0.25) is 10.1 Å². The summed E-state index contributed by atoms with van der Waals surface area (Å²) in [5, 5.41) is 11.0. The minimum Gasteiger partial charge on any atom is -0.351 e. The fraction of sp³-hybridized carbons (Fsp3) is 0.286. The number of nitrogens with one attached hydrogen (secondary N) is 1. The van der Waals surface area contributed by atoms with Gasteiger partial charge in [-0.2, -0.15) is 0 Å². The Bertz CT molecular complexity index is 734. The summed E-state index contributed by atoms with van der Waals surface area (Å²) in [5.41, 5.74) is 5.79. The number of nitrogens with two attached hydrogens (primary N) is 1. The number of carbonyl (C=O) groups is 2. The standard InChI is InChI=1S/C14H16ClN5O2S/c1-3-20-11(9-5-4-6-10(15)7-9)18-19-14(20)23-8(2)12(21)17-13(16)22/h4-8H,3H2,1-2H3,(H3,16,17,21,22). The van der Waals surface area contributed by atoms with Gasteiger partial charge < -0.3 is 10.3 Å². The van der Waals surface area contributed by atoms with Crippen molar-refractivity contribution in [1.29, 1.82) is 0 Å². The summed E-state index contributed by atoms with van der Waals surface area (Å²) < 4.78 is 1.88. The first-order valence-corrected chi connectivity index (χ1v) is 8.14. The fourth-order valence-corrected chi connectivity index (χ4v) is 3.04. The second kappa shape index (κ2) is 7.47. The molecule has 1 heterocycles. The van der Waals surface area contributed by atoms with E-state index in [2.05, 4.69) is 15.5 Å². The molecule has 0 fully saturated rings. The Morgan fingerprint density at radius 3 is 2.78 bits per heavy atom. The molecular weight excluding hydrogens is 338 g/mol. The predicted octanol–water partition coefficient (Wildman–Crippen LogP) is 2.29. The molecule has 23 heavy (non-hydrogen) atoms. The van der Waals surface area contributed by atoms with Gasteiger partial charge in [0.1, 0.15) is 0 Å². The lowest BCUT2D eigenvalue weighted by atomic mass is 10.2. The SMILES string of the molecule is CCn1c(SC(C)C(=O)NC(N)=O)nnc1-c1cccc(Cl)c1. The van der Waals surface area contributed by atoms with E-state index in [9.17, 15) is 9.59 Å². The highest BCUT2D eigenvalue weighted by Crippen LogP contribution is 2.27. The molecule has 0 spiro atoms. The van der Waals surface area contributed by atoms with Gasteiger partial charge >= 0.3 is 6.03 Å². The number of primary amides is 1. The summed E-state index contributed by atoms with van der Waals surface area (Å²) >= 11 is 7.21. The molecule has 1 aromatic heterocycles. The van der Waals surface area contributed by atoms with E-state index in [1.165, 1.54) is 11.8 Å². The van der Waals surface area contributed by atoms with E-state index >= 15 is 0 Å². The molecule has 0 saturated heterocycles. The number of benzene rings is 1. The Kier molecular flexibility index (Phi) is 5.62. The van der Waals surface area contributed by atoms with E-state index in [0.29, 0.717) is 22.5 Å². The Morgan fingerprint density at radius 1 is 1.43 bits per heavy atom. The maximum atomic E-state index is 11.8. The van der Waals surface area contributed by atoms with E-state index in [4.69, 9.17) is 17.3 Å². The minimum absolute atomic E-state index is 0.475. The summed E-state index contributed by atoms with van der Waals surface area (Å²) in [6, 6.07) is 6.43. The molecule has 0 aliphatic heterocycles. The van der Waals surface area contributed by atoms with Crippen LogP contribution in [0.5, 0.6) is 0 Å². The minimum atomic E-state index is -0.876. The summed E-state index contributed by atoms with van der Waals surface area (Å²) in [6.07, 6.45) is 0. The normalized spacial score (nSPS) is 12.0. The third-order valence-corrected chi connectivity index (χ3v) is 4.33. The molecular formula is C14H16ClN5O2S. The number of urea groups is 1. The van der Waals surface area contributed by atoms with Crippen LogP contribution in [0.3, 0.4) is 0 Å². The van der Waals surface area contributed by atoms with Gasteiger partial charge in [0.25, 0.3) is 0 Å². The molecule has 3 N–H and O–H groups in total. The topological polar surface area (TPSA) is 103 Å². The van der Waals surface area contributed by atoms with Crippen molar-refractivity contribution >= 4 is 35.3 Å². The number of imide groups is 1. The van der Waals surface area contributed by atoms with Crippen molar-refractivity contribution in [2.45, 2.75) is 30.8 Å². The third-order valence-electron chi connectivity index (χ3n) is 3.01. The Balaban J connectivity index is 2.24. The van der Waals surface area contributed by atoms with Crippen molar-refractivity contribution in [2.24, 2.45) is 5.73 Å². The van der Waals surface area contributed by atoms with E-state index in [1.54, 1.807) is 19.1 Å². The molecule has 0 aliphatic rings. The van der Waals surface area contributed by atoms with Crippen LogP contribution in [-0.4, -0.2) is 32.0 Å². The van der Waals surface area contributed by atoms with Gasteiger partial charge in [0.15, 0.2) is 11.0 Å². The second-order valence-corrected chi connectivity index (χ2v) is 6.42. The molecule has 7 nitrogen and oxygen atoms in total. The van der Waals surface area contributed by atoms with E-state index < -0.39 is 17.2 Å². The van der Waals surface area contributed by atoms with Crippen molar-refractivity contribution in [1.82, 2.24) is 20.1 Å². The molecule has 122 valence electrons. The zero-order valence-electron chi connectivity index (χ0n) is 12.6. The lowest BCUT2D eigenvalue weighted by Gasteiger charge is -2.11. The number of aromatic nitrogens is 3. The predicted molar refractivity (Wildman–Crippen MR) is 89.2 cm³/mol. The van der Waals surface area contributed by atoms with Gasteiger partial charge in [0, 0.05) is 17.1 Å². The van der Waals surface area contributed by atoms with Crippen LogP contribution >= 0.6 is 23.4 Å². The molecule has 1 aromatic carbocycles. The lowest BCUT2D eigenvalue weighted by Crippen LogP contribution is -2.39. The van der Waals surface area contributed by atoms with Crippen molar-refractivity contribution < 1.29 is 9.59 Å². The highest BCUT2D eigenvalue weighted by atomic mass is 35.5. The van der Waals surface area contributed by atoms with Gasteiger partial charge in [-0.25, -0.2) is 4.79 Å². The van der Waals surface area contributed by atoms with Crippen molar-refractivity contribution in [3.63, 3.8) is 0 Å². The van der Waals surface area contributed by atoms with E-state index in [0.717, 1.165) is 5.56 Å². The first kappa shape index (κ1) is 17.3. The molecule has 2 aromatic rings. The van der Waals surface area contributed by atoms with Crippen LogP contribution in [0.1, 0.15) is 13.8 Å². The van der Waals surface area contributed by atoms with Gasteiger partial charge in [0.05, 0.1) is 5.25 Å². The lowest BCUT2D eigenvalue weighted by molar-refractivity contribution is -0.119. The number of carbonyl (C=O) groups excluding carboxylic acids is 2. The first-order valence-electron chi connectivity index (χ1n) is 6.88. The van der Waals surface area contributed by atoms with Crippen LogP contribution in [0.4, 0.5) is 4.79 Å². The molecule has 9 heteroatoms. The smallest absolute Gasteiger partial charge is 0.318 e. The van der Waals surface area contributed by atoms with Crippen LogP contribution in [0.25, 0.3) is 11.4 Å². The maximum Gasteiger partial charge on any atom is 0.318 e. The van der Waals surface area contributed by atoms with Gasteiger partial charge in [-0.05, 0) is 26.0 Å². The van der Waals surface area contributed by atoms with Crippen LogP contribution < -0.4 is 11.1 Å². The van der Waals surface area contributed by atoms with Crippen LogP contribution in [-0.2, 0) is 11.3 Å². The quantitative estimate of drug-likeness (QED) is 0.803. The fourth-order valence-electron chi connectivity index (χ4n) is 1.94. The molecule has 1 atom stereocenters. The van der Waals surface area contributed by atoms with Gasteiger partial charge in [0.2, 0.25) is 5.91 Å². The number of nitrogens with zero attached hydrogens (tertiary/aromatic N) is 3. The number of thioether (sulfide) groups is 1. The van der Waals surface area contributed by atoms with Crippen LogP contribution in [0, 0.1) is 0 Å². The number of hydrogen-bond acceptors (Lipinski definition) is 5. The highest BCUT2D eigenvalue weighted by Gasteiger charge is 2.21. The number of halogens is 1. The molecule has 0 saturated carbocycles. The van der Waals surface area contributed by atoms with Gasteiger partial charge in [-0.15, -0.1) is 10.2 Å². The van der Waals surface area contributed by atoms with Gasteiger partial charge in [-0.1, -0.05) is 35.5 Å². The number of rotatable bonds is 5. The molecule has 0 bridgehead atoms. The second-order valence-electron chi connectivity index (χ2n) is 4.67. The first-order chi connectivity index (χ1) is 10.9. The number of amides is 3. The van der Waals surface area contributed by atoms with E-state index in [1.807, 2.05) is 23.6 Å². The highest BCUT2D eigenvalue weighted by molar-refractivity contribution is 8.00. The summed E-state index contributed by atoms with van der Waals surface area (Å²) in [5.74, 6) is 0.192. The van der Waals surface area contributed by atoms with Crippen LogP contribution in [0.2, 0.25) is 5.02 Å². The summed E-state index contributed by atoms with van der Waals surface area (Å²) in [4.78, 5) is 22.5. The third kappa shape index (κ3) is 4.23. The molecule has 3 amide bonds. The average Bonchev–Trinajstić information content (AvgIpc) is 2.89. The summed E-state index contributed by atoms with van der Waals surface area (Å²) in [6.45, 7) is 4.24. The zero-order chi connectivity index (χ0) is 17.0. The molecule has 2 rings (SSSR count). The van der Waals surface area contributed by atoms with Crippen molar-refractivity contribution in [3.8, 4) is 11.4 Å². The molecule has 0 radical (unpaired) electrons. The molecule has 0 aliphatic carbocycles. The Morgan fingerprint density at radius 2 is 2.17 bits per heavy atom. The summed E-state index contributed by atoms with van der Waals surface area (Å²) in [7, 11) is 0. The van der Waals surface area contributed by atoms with Crippen LogP contribution in [0.15, 0.2) is 29.4 Å². The average molecular weight is 354 g/mol. The maximum absolute atomic E-state index is 11.8. The Hall–Kier alpha value is -2.06. The zero-order valence-corrected chi connectivity index (χ0v) is 14.2. The number of hydrogen-bond donors (Lipinski definition) is 2. The van der Waals surface area contributed by atoms with Crippen molar-refractivity contribution in [2.75, 3.05) is 0 Å². The monoisotopic (exact) mass is 353 g/mol.